The van der Waals surface area contributed by atoms with E-state index >= 15 is 0 Å². The van der Waals surface area contributed by atoms with Crippen LogP contribution in [0.5, 0.6) is 0 Å². The Balaban J connectivity index is 1.33. The number of carboxylic acids is 1. The number of tetrazole rings is 1. The molecule has 0 radical (unpaired) electrons. The lowest BCUT2D eigenvalue weighted by atomic mass is 9.91. The number of aliphatic carboxylic acids is 1. The molecule has 1 fully saturated rings. The molecule has 4 aromatic rings. The number of carbonyl (C=O) groups excluding carboxylic acids is 1. The van der Waals surface area contributed by atoms with Crippen LogP contribution < -0.4 is 5.32 Å². The van der Waals surface area contributed by atoms with Gasteiger partial charge < -0.3 is 25.0 Å². The van der Waals surface area contributed by atoms with Gasteiger partial charge in [0.25, 0.3) is 0 Å². The Kier molecular flexibility index (Phi) is 11.0. The van der Waals surface area contributed by atoms with Crippen LogP contribution in [0.15, 0.2) is 78.0 Å². The van der Waals surface area contributed by atoms with E-state index in [1.807, 2.05) is 73.8 Å². The molecule has 236 valence electrons. The number of aromatic nitrogens is 4. The average Bonchev–Trinajstić information content (AvgIpc) is 3.47. The van der Waals surface area contributed by atoms with E-state index in [1.54, 1.807) is 4.68 Å². The van der Waals surface area contributed by atoms with Crippen molar-refractivity contribution in [1.29, 1.82) is 0 Å². The molecule has 2 heterocycles. The largest absolute Gasteiger partial charge is 0.481 e. The minimum absolute atomic E-state index is 0.0223. The van der Waals surface area contributed by atoms with Gasteiger partial charge in [-0.2, -0.15) is 0 Å². The Bertz CT molecular complexity index is 1600. The fraction of sp³-hybridized carbons (Fsp3) is 0.364. The number of carbonyl (C=O) groups is 2. The first kappa shape index (κ1) is 32.3. The van der Waals surface area contributed by atoms with Gasteiger partial charge in [-0.3, -0.25) is 9.59 Å². The van der Waals surface area contributed by atoms with Crippen molar-refractivity contribution in [3.05, 3.63) is 95.1 Å². The lowest BCUT2D eigenvalue weighted by Gasteiger charge is -2.41. The third kappa shape index (κ3) is 8.54. The van der Waals surface area contributed by atoms with Crippen LogP contribution in [-0.2, 0) is 39.3 Å². The summed E-state index contributed by atoms with van der Waals surface area (Å²) in [6.45, 7) is 2.45. The first-order valence-electron chi connectivity index (χ1n) is 14.8. The molecular formula is C33H37N5O6S. The number of aryl methyl sites for hydroxylation is 1. The summed E-state index contributed by atoms with van der Waals surface area (Å²) in [5, 5.41) is 33.7. The fourth-order valence-electron chi connectivity index (χ4n) is 5.22. The van der Waals surface area contributed by atoms with Crippen LogP contribution in [0, 0.1) is 5.92 Å². The number of hydrogen-bond donors (Lipinski definition) is 3. The molecule has 4 atom stereocenters. The van der Waals surface area contributed by atoms with Gasteiger partial charge in [0.05, 0.1) is 18.8 Å². The highest BCUT2D eigenvalue weighted by atomic mass is 32.2. The number of hydrogen-bond acceptors (Lipinski definition) is 9. The number of nitrogens with zero attached hydrogens (tertiary/aromatic N) is 4. The van der Waals surface area contributed by atoms with E-state index in [9.17, 15) is 14.7 Å². The number of carboxylic acid groups (broad SMARTS) is 1. The summed E-state index contributed by atoms with van der Waals surface area (Å²) in [6, 6.07) is 23.8. The molecule has 0 bridgehead atoms. The Labute approximate surface area is 266 Å². The van der Waals surface area contributed by atoms with Crippen LogP contribution in [0.25, 0.3) is 11.1 Å². The highest BCUT2D eigenvalue weighted by Crippen LogP contribution is 2.43. The molecule has 3 aromatic carbocycles. The van der Waals surface area contributed by atoms with Crippen molar-refractivity contribution >= 4 is 23.6 Å². The van der Waals surface area contributed by atoms with Gasteiger partial charge in [0.1, 0.15) is 0 Å². The monoisotopic (exact) mass is 631 g/mol. The van der Waals surface area contributed by atoms with E-state index in [2.05, 4.69) is 33.8 Å². The SMILES string of the molecule is C[C@@H]1[C@H](CSc2nnnn2C)O[C@H](c2cccc(-c3cccc(CNC(=O)CCCC(=O)O)c3)c2)O[C@@H]1c1ccc(CO)cc1. The van der Waals surface area contributed by atoms with Crippen molar-refractivity contribution in [2.24, 2.45) is 13.0 Å². The standard InChI is InChI=1S/C33H37N5O6S/c1-21-28(20-45-33-35-36-37-38(33)2)43-32(44-31(21)24-14-12-22(19-39)13-15-24)27-9-4-8-26(17-27)25-7-3-6-23(16-25)18-34-29(40)10-5-11-30(41)42/h3-4,6-9,12-17,21,28,31-32,39H,5,10-11,18-20H2,1-2H3,(H,34,40)(H,41,42)/t21-,28+,31+,32+/m1/s1. The summed E-state index contributed by atoms with van der Waals surface area (Å²) in [5.41, 5.74) is 5.63. The van der Waals surface area contributed by atoms with Crippen LogP contribution in [0.4, 0.5) is 0 Å². The third-order valence-corrected chi connectivity index (χ3v) is 8.88. The van der Waals surface area contributed by atoms with Gasteiger partial charge in [0.15, 0.2) is 6.29 Å². The van der Waals surface area contributed by atoms with Crippen LogP contribution in [0.1, 0.15) is 60.8 Å². The molecule has 1 saturated heterocycles. The van der Waals surface area contributed by atoms with Gasteiger partial charge in [0.2, 0.25) is 11.1 Å². The molecule has 5 rings (SSSR count). The number of aliphatic hydroxyl groups excluding tert-OH is 1. The van der Waals surface area contributed by atoms with Crippen molar-refractivity contribution in [3.63, 3.8) is 0 Å². The average molecular weight is 632 g/mol. The van der Waals surface area contributed by atoms with E-state index in [0.29, 0.717) is 23.9 Å². The summed E-state index contributed by atoms with van der Waals surface area (Å²) >= 11 is 1.54. The van der Waals surface area contributed by atoms with Crippen molar-refractivity contribution in [1.82, 2.24) is 25.5 Å². The number of benzene rings is 3. The molecule has 0 unspecified atom stereocenters. The molecule has 45 heavy (non-hydrogen) atoms. The second kappa shape index (κ2) is 15.3. The number of aliphatic hydroxyl groups is 1. The topological polar surface area (TPSA) is 149 Å². The quantitative estimate of drug-likeness (QED) is 0.175. The van der Waals surface area contributed by atoms with Gasteiger partial charge >= 0.3 is 5.97 Å². The normalized spacial score (nSPS) is 19.7. The molecule has 3 N–H and O–H groups in total. The number of ether oxygens (including phenoxy) is 2. The molecule has 12 heteroatoms. The predicted molar refractivity (Wildman–Crippen MR) is 168 cm³/mol. The van der Waals surface area contributed by atoms with Crippen LogP contribution in [0.3, 0.4) is 0 Å². The summed E-state index contributed by atoms with van der Waals surface area (Å²) in [6.07, 6.45) is -0.577. The molecule has 1 aliphatic heterocycles. The van der Waals surface area contributed by atoms with Crippen molar-refractivity contribution < 1.29 is 29.3 Å². The van der Waals surface area contributed by atoms with Gasteiger partial charge in [-0.1, -0.05) is 79.3 Å². The van der Waals surface area contributed by atoms with Gasteiger partial charge in [0, 0.05) is 43.7 Å². The maximum absolute atomic E-state index is 12.2. The molecular weight excluding hydrogens is 594 g/mol. The van der Waals surface area contributed by atoms with Gasteiger partial charge in [-0.05, 0) is 56.8 Å². The summed E-state index contributed by atoms with van der Waals surface area (Å²) in [5.74, 6) is -0.427. The third-order valence-electron chi connectivity index (χ3n) is 7.78. The van der Waals surface area contributed by atoms with E-state index in [1.165, 1.54) is 11.8 Å². The summed E-state index contributed by atoms with van der Waals surface area (Å²) in [7, 11) is 1.81. The van der Waals surface area contributed by atoms with E-state index < -0.39 is 12.3 Å². The Morgan fingerprint density at radius 2 is 1.71 bits per heavy atom. The highest BCUT2D eigenvalue weighted by Gasteiger charge is 2.38. The minimum Gasteiger partial charge on any atom is -0.481 e. The number of nitrogens with one attached hydrogen (secondary N) is 1. The number of amides is 1. The highest BCUT2D eigenvalue weighted by molar-refractivity contribution is 7.99. The van der Waals surface area contributed by atoms with Crippen molar-refractivity contribution in [2.75, 3.05) is 5.75 Å². The Morgan fingerprint density at radius 1 is 0.956 bits per heavy atom. The maximum atomic E-state index is 12.2. The summed E-state index contributed by atoms with van der Waals surface area (Å²) in [4.78, 5) is 22.9. The second-order valence-electron chi connectivity index (χ2n) is 11.1. The Morgan fingerprint density at radius 3 is 2.42 bits per heavy atom. The number of rotatable bonds is 13. The Hall–Kier alpha value is -4.10. The zero-order chi connectivity index (χ0) is 31.8. The van der Waals surface area contributed by atoms with Gasteiger partial charge in [-0.15, -0.1) is 5.10 Å². The van der Waals surface area contributed by atoms with Crippen molar-refractivity contribution in [2.45, 2.75) is 63.0 Å². The summed E-state index contributed by atoms with van der Waals surface area (Å²) < 4.78 is 14.9. The lowest BCUT2D eigenvalue weighted by Crippen LogP contribution is -2.38. The first-order chi connectivity index (χ1) is 21.8. The zero-order valence-corrected chi connectivity index (χ0v) is 26.0. The number of thioether (sulfide) groups is 1. The van der Waals surface area contributed by atoms with Gasteiger partial charge in [-0.25, -0.2) is 4.68 Å². The van der Waals surface area contributed by atoms with E-state index in [-0.39, 0.29) is 43.5 Å². The maximum Gasteiger partial charge on any atom is 0.303 e. The van der Waals surface area contributed by atoms with Crippen LogP contribution >= 0.6 is 11.8 Å². The molecule has 0 aliphatic carbocycles. The molecule has 1 amide bonds. The van der Waals surface area contributed by atoms with E-state index in [4.69, 9.17) is 14.6 Å². The predicted octanol–water partition coefficient (Wildman–Crippen LogP) is 4.82. The second-order valence-corrected chi connectivity index (χ2v) is 12.1. The van der Waals surface area contributed by atoms with E-state index in [0.717, 1.165) is 33.4 Å². The molecule has 1 aromatic heterocycles. The smallest absolute Gasteiger partial charge is 0.303 e. The van der Waals surface area contributed by atoms with Crippen molar-refractivity contribution in [3.8, 4) is 11.1 Å². The zero-order valence-electron chi connectivity index (χ0n) is 25.2. The fourth-order valence-corrected chi connectivity index (χ4v) is 6.24. The first-order valence-corrected chi connectivity index (χ1v) is 15.8. The molecule has 0 spiro atoms. The van der Waals surface area contributed by atoms with Crippen LogP contribution in [0.2, 0.25) is 0 Å². The minimum atomic E-state index is -0.905. The molecule has 0 saturated carbocycles. The molecule has 1 aliphatic rings. The molecule has 11 nitrogen and oxygen atoms in total. The lowest BCUT2D eigenvalue weighted by molar-refractivity contribution is -0.268. The van der Waals surface area contributed by atoms with Crippen LogP contribution in [-0.4, -0.2) is 54.2 Å².